The van der Waals surface area contributed by atoms with Crippen molar-refractivity contribution < 1.29 is 9.53 Å². The van der Waals surface area contributed by atoms with Gasteiger partial charge in [0.25, 0.3) is 0 Å². The molecule has 1 aliphatic carbocycles. The van der Waals surface area contributed by atoms with Crippen molar-refractivity contribution in [2.45, 2.75) is 37.6 Å². The van der Waals surface area contributed by atoms with E-state index in [4.69, 9.17) is 16.3 Å². The van der Waals surface area contributed by atoms with Crippen molar-refractivity contribution in [3.8, 4) is 11.5 Å². The molecule has 5 rings (SSSR count). The van der Waals surface area contributed by atoms with Crippen molar-refractivity contribution in [3.63, 3.8) is 0 Å². The number of carbonyl (C=O) groups is 1. The average molecular weight is 496 g/mol. The second-order valence-corrected chi connectivity index (χ2v) is 10.3. The molecule has 1 amide bonds. The number of thiophene rings is 1. The van der Waals surface area contributed by atoms with Gasteiger partial charge in [-0.1, -0.05) is 41.6 Å². The Bertz CT molecular complexity index is 1320. The van der Waals surface area contributed by atoms with Gasteiger partial charge in [-0.2, -0.15) is 0 Å². The van der Waals surface area contributed by atoms with Gasteiger partial charge in [-0.05, 0) is 68.5 Å². The predicted molar refractivity (Wildman–Crippen MR) is 136 cm³/mol. The van der Waals surface area contributed by atoms with Crippen LogP contribution in [0.1, 0.15) is 29.1 Å². The molecule has 0 bridgehead atoms. The van der Waals surface area contributed by atoms with E-state index in [0.717, 1.165) is 33.9 Å². The molecule has 1 N–H and O–H groups in total. The smallest absolute Gasteiger partial charge is 0.234 e. The number of para-hydroxylation sites is 1. The van der Waals surface area contributed by atoms with Crippen molar-refractivity contribution in [2.24, 2.45) is 0 Å². The monoisotopic (exact) mass is 495 g/mol. The number of carbonyl (C=O) groups excluding carboxylic acids is 1. The minimum atomic E-state index is -0.145. The molecule has 2 aromatic heterocycles. The van der Waals surface area contributed by atoms with Gasteiger partial charge in [-0.25, -0.2) is 9.97 Å². The van der Waals surface area contributed by atoms with Crippen LogP contribution in [0.3, 0.4) is 0 Å². The molecule has 0 aliphatic heterocycles. The fourth-order valence-electron chi connectivity index (χ4n) is 3.95. The summed E-state index contributed by atoms with van der Waals surface area (Å²) in [5.74, 6) is 2.04. The molecular formula is C25H22ClN3O2S2. The van der Waals surface area contributed by atoms with Gasteiger partial charge in [0.2, 0.25) is 5.91 Å². The van der Waals surface area contributed by atoms with Gasteiger partial charge in [-0.3, -0.25) is 4.79 Å². The lowest BCUT2D eigenvalue weighted by molar-refractivity contribution is -0.113. The number of anilines is 1. The number of nitrogens with one attached hydrogen (secondary N) is 1. The molecule has 0 atom stereocenters. The van der Waals surface area contributed by atoms with E-state index in [2.05, 4.69) is 15.3 Å². The van der Waals surface area contributed by atoms with Crippen molar-refractivity contribution in [3.05, 3.63) is 69.8 Å². The number of ether oxygens (including phenoxy) is 1. The summed E-state index contributed by atoms with van der Waals surface area (Å²) in [6.45, 7) is 1.90. The fourth-order valence-corrected chi connectivity index (χ4v) is 6.40. The molecule has 1 aliphatic rings. The Balaban J connectivity index is 1.34. The van der Waals surface area contributed by atoms with E-state index in [1.165, 1.54) is 35.0 Å². The van der Waals surface area contributed by atoms with Crippen LogP contribution in [0.4, 0.5) is 5.69 Å². The van der Waals surface area contributed by atoms with Crippen molar-refractivity contribution in [1.29, 1.82) is 0 Å². The zero-order valence-electron chi connectivity index (χ0n) is 18.1. The first kappa shape index (κ1) is 22.2. The zero-order valence-corrected chi connectivity index (χ0v) is 20.4. The van der Waals surface area contributed by atoms with Crippen LogP contribution in [0.25, 0.3) is 10.2 Å². The molecule has 5 nitrogen and oxygen atoms in total. The molecule has 0 radical (unpaired) electrons. The predicted octanol–water partition coefficient (Wildman–Crippen LogP) is 7.06. The van der Waals surface area contributed by atoms with Crippen molar-refractivity contribution >= 4 is 56.5 Å². The summed E-state index contributed by atoms with van der Waals surface area (Å²) in [7, 11) is 0. The number of halogens is 1. The third kappa shape index (κ3) is 5.00. The maximum absolute atomic E-state index is 12.9. The molecule has 33 heavy (non-hydrogen) atoms. The Morgan fingerprint density at radius 3 is 2.82 bits per heavy atom. The largest absolute Gasteiger partial charge is 0.455 e. The number of nitrogens with zero attached hydrogens (tertiary/aromatic N) is 2. The highest BCUT2D eigenvalue weighted by atomic mass is 35.5. The number of rotatable bonds is 6. The number of amides is 1. The minimum Gasteiger partial charge on any atom is -0.455 e. The van der Waals surface area contributed by atoms with Crippen molar-refractivity contribution in [2.75, 3.05) is 11.1 Å². The van der Waals surface area contributed by atoms with Crippen LogP contribution in [0, 0.1) is 6.92 Å². The Kier molecular flexibility index (Phi) is 6.53. The highest BCUT2D eigenvalue weighted by molar-refractivity contribution is 8.00. The standard InChI is InChI=1S/C25H22ClN3O2S2/c1-15-27-24(23-18-9-5-6-10-21(18)33-25(23)28-15)32-14-22(30)29-19-13-16(26)11-12-20(19)31-17-7-3-2-4-8-17/h2-4,7-8,11-13H,5-6,9-10,14H2,1H3,(H,29,30). The average Bonchev–Trinajstić information content (AvgIpc) is 3.18. The lowest BCUT2D eigenvalue weighted by Gasteiger charge is -2.13. The molecule has 0 fully saturated rings. The summed E-state index contributed by atoms with van der Waals surface area (Å²) in [4.78, 5) is 24.7. The van der Waals surface area contributed by atoms with E-state index in [1.807, 2.05) is 37.3 Å². The number of hydrogen-bond acceptors (Lipinski definition) is 6. The van der Waals surface area contributed by atoms with Crippen LogP contribution in [-0.2, 0) is 17.6 Å². The summed E-state index contributed by atoms with van der Waals surface area (Å²) >= 11 is 9.41. The van der Waals surface area contributed by atoms with Crippen LogP contribution >= 0.6 is 34.7 Å². The van der Waals surface area contributed by atoms with Crippen LogP contribution in [0.15, 0.2) is 53.6 Å². The third-order valence-electron chi connectivity index (χ3n) is 5.42. The SMILES string of the molecule is Cc1nc(SCC(=O)Nc2cc(Cl)ccc2Oc2ccccc2)c2c3c(sc2n1)CCCC3. The minimum absolute atomic E-state index is 0.145. The molecule has 0 saturated carbocycles. The summed E-state index contributed by atoms with van der Waals surface area (Å²) in [6.07, 6.45) is 4.59. The van der Waals surface area contributed by atoms with E-state index in [1.54, 1.807) is 29.5 Å². The van der Waals surface area contributed by atoms with Gasteiger partial charge < -0.3 is 10.1 Å². The number of thioether (sulfide) groups is 1. The first-order valence-electron chi connectivity index (χ1n) is 10.8. The highest BCUT2D eigenvalue weighted by Crippen LogP contribution is 2.40. The van der Waals surface area contributed by atoms with Crippen LogP contribution < -0.4 is 10.1 Å². The van der Waals surface area contributed by atoms with Crippen LogP contribution in [0.5, 0.6) is 11.5 Å². The Labute approximate surface area is 205 Å². The quantitative estimate of drug-likeness (QED) is 0.229. The normalized spacial score (nSPS) is 13.0. The summed E-state index contributed by atoms with van der Waals surface area (Å²) in [5, 5.41) is 5.50. The van der Waals surface area contributed by atoms with Crippen LogP contribution in [0.2, 0.25) is 5.02 Å². The molecule has 2 aromatic carbocycles. The Morgan fingerprint density at radius 1 is 1.15 bits per heavy atom. The molecule has 168 valence electrons. The number of hydrogen-bond donors (Lipinski definition) is 1. The van der Waals surface area contributed by atoms with Crippen LogP contribution in [-0.4, -0.2) is 21.6 Å². The lowest BCUT2D eigenvalue weighted by Crippen LogP contribution is -2.15. The summed E-state index contributed by atoms with van der Waals surface area (Å²) in [6, 6.07) is 14.6. The lowest BCUT2D eigenvalue weighted by atomic mass is 9.97. The number of fused-ring (bicyclic) bond motifs is 3. The second kappa shape index (κ2) is 9.71. The maximum atomic E-state index is 12.9. The van der Waals surface area contributed by atoms with Gasteiger partial charge >= 0.3 is 0 Å². The van der Waals surface area contributed by atoms with Gasteiger partial charge in [0, 0.05) is 15.3 Å². The number of benzene rings is 2. The summed E-state index contributed by atoms with van der Waals surface area (Å²) < 4.78 is 5.95. The molecule has 0 spiro atoms. The Morgan fingerprint density at radius 2 is 1.97 bits per heavy atom. The topological polar surface area (TPSA) is 64.1 Å². The first-order valence-corrected chi connectivity index (χ1v) is 13.0. The third-order valence-corrected chi connectivity index (χ3v) is 7.82. The van der Waals surface area contributed by atoms with E-state index in [0.29, 0.717) is 22.2 Å². The Hall–Kier alpha value is -2.61. The second-order valence-electron chi connectivity index (χ2n) is 7.86. The van der Waals surface area contributed by atoms with Gasteiger partial charge in [0.1, 0.15) is 21.4 Å². The zero-order chi connectivity index (χ0) is 22.8. The molecule has 8 heteroatoms. The van der Waals surface area contributed by atoms with E-state index < -0.39 is 0 Å². The first-order chi connectivity index (χ1) is 16.1. The van der Waals surface area contributed by atoms with E-state index in [9.17, 15) is 4.79 Å². The molecule has 0 saturated heterocycles. The van der Waals surface area contributed by atoms with Crippen molar-refractivity contribution in [1.82, 2.24) is 9.97 Å². The molecule has 4 aromatic rings. The van der Waals surface area contributed by atoms with Gasteiger partial charge in [-0.15, -0.1) is 11.3 Å². The number of aromatic nitrogens is 2. The summed E-state index contributed by atoms with van der Waals surface area (Å²) in [5.41, 5.74) is 1.91. The molecule has 0 unspecified atom stereocenters. The molecule has 2 heterocycles. The maximum Gasteiger partial charge on any atom is 0.234 e. The van der Waals surface area contributed by atoms with Gasteiger partial charge in [0.05, 0.1) is 11.4 Å². The van der Waals surface area contributed by atoms with E-state index >= 15 is 0 Å². The molecular weight excluding hydrogens is 474 g/mol. The van der Waals surface area contributed by atoms with Gasteiger partial charge in [0.15, 0.2) is 5.75 Å². The highest BCUT2D eigenvalue weighted by Gasteiger charge is 2.21. The number of aryl methyl sites for hydroxylation is 3. The fraction of sp³-hybridized carbons (Fsp3) is 0.240. The van der Waals surface area contributed by atoms with E-state index in [-0.39, 0.29) is 11.7 Å².